The van der Waals surface area contributed by atoms with E-state index in [1.54, 1.807) is 30.5 Å². The highest BCUT2D eigenvalue weighted by atomic mass is 32.2. The maximum atomic E-state index is 12.2. The van der Waals surface area contributed by atoms with E-state index in [0.29, 0.717) is 13.0 Å². The first-order valence-corrected chi connectivity index (χ1v) is 9.09. The SMILES string of the molecule is Cc1ccc(S(=O)(=O)CCC(=O)NCCc2ccccn2)cc1. The molecule has 2 rings (SSSR count). The molecule has 122 valence electrons. The zero-order valence-corrected chi connectivity index (χ0v) is 13.8. The number of hydrogen-bond donors (Lipinski definition) is 1. The lowest BCUT2D eigenvalue weighted by atomic mass is 10.2. The van der Waals surface area contributed by atoms with E-state index in [1.807, 2.05) is 25.1 Å². The van der Waals surface area contributed by atoms with Crippen molar-refractivity contribution in [2.24, 2.45) is 0 Å². The molecule has 0 atom stereocenters. The Bertz CT molecular complexity index is 741. The van der Waals surface area contributed by atoms with Crippen molar-refractivity contribution in [1.82, 2.24) is 10.3 Å². The van der Waals surface area contributed by atoms with Crippen molar-refractivity contribution in [2.45, 2.75) is 24.7 Å². The largest absolute Gasteiger partial charge is 0.356 e. The molecule has 1 aromatic heterocycles. The smallest absolute Gasteiger partial charge is 0.221 e. The Kier molecular flexibility index (Phi) is 5.87. The molecule has 0 radical (unpaired) electrons. The first-order chi connectivity index (χ1) is 11.0. The lowest BCUT2D eigenvalue weighted by Crippen LogP contribution is -2.27. The van der Waals surface area contributed by atoms with Gasteiger partial charge in [-0.15, -0.1) is 0 Å². The van der Waals surface area contributed by atoms with Gasteiger partial charge in [0.1, 0.15) is 0 Å². The molecule has 0 aliphatic heterocycles. The van der Waals surface area contributed by atoms with Gasteiger partial charge in [0, 0.05) is 31.3 Å². The summed E-state index contributed by atoms with van der Waals surface area (Å²) in [4.78, 5) is 16.2. The Balaban J connectivity index is 1.78. The molecule has 1 aromatic carbocycles. The van der Waals surface area contributed by atoms with E-state index in [2.05, 4.69) is 10.3 Å². The summed E-state index contributed by atoms with van der Waals surface area (Å²) in [7, 11) is -3.42. The number of amides is 1. The summed E-state index contributed by atoms with van der Waals surface area (Å²) in [5, 5.41) is 2.72. The number of aryl methyl sites for hydroxylation is 1. The first-order valence-electron chi connectivity index (χ1n) is 7.43. The maximum absolute atomic E-state index is 12.2. The average molecular weight is 332 g/mol. The zero-order chi connectivity index (χ0) is 16.7. The monoisotopic (exact) mass is 332 g/mol. The molecule has 2 aromatic rings. The molecule has 1 N–H and O–H groups in total. The third-order valence-corrected chi connectivity index (χ3v) is 5.14. The van der Waals surface area contributed by atoms with Gasteiger partial charge in [-0.05, 0) is 31.2 Å². The number of nitrogens with one attached hydrogen (secondary N) is 1. The van der Waals surface area contributed by atoms with Crippen LogP contribution in [0.5, 0.6) is 0 Å². The molecular weight excluding hydrogens is 312 g/mol. The van der Waals surface area contributed by atoms with Gasteiger partial charge in [0.05, 0.1) is 10.6 Å². The van der Waals surface area contributed by atoms with Gasteiger partial charge in [-0.25, -0.2) is 8.42 Å². The second kappa shape index (κ2) is 7.87. The third-order valence-electron chi connectivity index (χ3n) is 3.41. The fourth-order valence-electron chi connectivity index (χ4n) is 2.05. The summed E-state index contributed by atoms with van der Waals surface area (Å²) in [5.74, 6) is -0.456. The number of hydrogen-bond acceptors (Lipinski definition) is 4. The van der Waals surface area contributed by atoms with E-state index in [4.69, 9.17) is 0 Å². The van der Waals surface area contributed by atoms with Crippen LogP contribution in [0.25, 0.3) is 0 Å². The fourth-order valence-corrected chi connectivity index (χ4v) is 3.30. The molecule has 0 aliphatic rings. The van der Waals surface area contributed by atoms with Gasteiger partial charge in [0.2, 0.25) is 5.91 Å². The number of carbonyl (C=O) groups excluding carboxylic acids is 1. The minimum absolute atomic E-state index is 0.0432. The van der Waals surface area contributed by atoms with Gasteiger partial charge in [-0.2, -0.15) is 0 Å². The van der Waals surface area contributed by atoms with Crippen LogP contribution in [-0.4, -0.2) is 31.6 Å². The van der Waals surface area contributed by atoms with Crippen molar-refractivity contribution in [3.8, 4) is 0 Å². The first kappa shape index (κ1) is 17.1. The van der Waals surface area contributed by atoms with Crippen LogP contribution in [0, 0.1) is 6.92 Å². The second-order valence-electron chi connectivity index (χ2n) is 5.30. The van der Waals surface area contributed by atoms with Crippen LogP contribution in [0.3, 0.4) is 0 Å². The molecule has 0 saturated carbocycles. The van der Waals surface area contributed by atoms with E-state index in [1.165, 1.54) is 0 Å². The highest BCUT2D eigenvalue weighted by Gasteiger charge is 2.16. The molecule has 0 saturated heterocycles. The summed E-state index contributed by atoms with van der Waals surface area (Å²) >= 11 is 0. The average Bonchev–Trinajstić information content (AvgIpc) is 2.54. The lowest BCUT2D eigenvalue weighted by Gasteiger charge is -2.06. The van der Waals surface area contributed by atoms with Gasteiger partial charge in [0.15, 0.2) is 9.84 Å². The number of benzene rings is 1. The summed E-state index contributed by atoms with van der Waals surface area (Å²) in [6, 6.07) is 12.2. The van der Waals surface area contributed by atoms with Crippen LogP contribution in [0.15, 0.2) is 53.6 Å². The van der Waals surface area contributed by atoms with Crippen LogP contribution in [0.4, 0.5) is 0 Å². The van der Waals surface area contributed by atoms with Crippen molar-refractivity contribution in [3.05, 3.63) is 59.9 Å². The topological polar surface area (TPSA) is 76.1 Å². The van der Waals surface area contributed by atoms with Crippen molar-refractivity contribution in [1.29, 1.82) is 0 Å². The number of aromatic nitrogens is 1. The summed E-state index contributed by atoms with van der Waals surface area (Å²) < 4.78 is 24.3. The van der Waals surface area contributed by atoms with Crippen LogP contribution in [0.1, 0.15) is 17.7 Å². The standard InChI is InChI=1S/C17H20N2O3S/c1-14-5-7-16(8-6-14)23(21,22)13-10-17(20)19-12-9-15-4-2-3-11-18-15/h2-8,11H,9-10,12-13H2,1H3,(H,19,20). The number of pyridine rings is 1. The van der Waals surface area contributed by atoms with Gasteiger partial charge in [-0.3, -0.25) is 9.78 Å². The highest BCUT2D eigenvalue weighted by molar-refractivity contribution is 7.91. The van der Waals surface area contributed by atoms with Gasteiger partial charge in [0.25, 0.3) is 0 Å². The molecule has 1 amide bonds. The predicted octanol–water partition coefficient (Wildman–Crippen LogP) is 1.91. The molecule has 1 heterocycles. The van der Waals surface area contributed by atoms with Crippen molar-refractivity contribution < 1.29 is 13.2 Å². The van der Waals surface area contributed by atoms with Gasteiger partial charge in [-0.1, -0.05) is 23.8 Å². The highest BCUT2D eigenvalue weighted by Crippen LogP contribution is 2.12. The van der Waals surface area contributed by atoms with E-state index in [-0.39, 0.29) is 23.0 Å². The van der Waals surface area contributed by atoms with E-state index < -0.39 is 9.84 Å². The van der Waals surface area contributed by atoms with Crippen molar-refractivity contribution >= 4 is 15.7 Å². The molecule has 0 aliphatic carbocycles. The molecule has 6 heteroatoms. The Morgan fingerprint density at radius 3 is 2.52 bits per heavy atom. The number of carbonyl (C=O) groups is 1. The maximum Gasteiger partial charge on any atom is 0.221 e. The van der Waals surface area contributed by atoms with Crippen LogP contribution < -0.4 is 5.32 Å². The van der Waals surface area contributed by atoms with E-state index in [9.17, 15) is 13.2 Å². The summed E-state index contributed by atoms with van der Waals surface area (Å²) in [6.45, 7) is 2.34. The molecule has 0 unspecified atom stereocenters. The Morgan fingerprint density at radius 2 is 1.87 bits per heavy atom. The zero-order valence-electron chi connectivity index (χ0n) is 13.0. The molecular formula is C17H20N2O3S. The van der Waals surface area contributed by atoms with Gasteiger partial charge >= 0.3 is 0 Å². The van der Waals surface area contributed by atoms with Gasteiger partial charge < -0.3 is 5.32 Å². The van der Waals surface area contributed by atoms with Crippen LogP contribution >= 0.6 is 0 Å². The Hall–Kier alpha value is -2.21. The van der Waals surface area contributed by atoms with E-state index in [0.717, 1.165) is 11.3 Å². The molecule has 23 heavy (non-hydrogen) atoms. The normalized spacial score (nSPS) is 11.2. The number of rotatable bonds is 7. The Morgan fingerprint density at radius 1 is 1.13 bits per heavy atom. The van der Waals surface area contributed by atoms with Crippen molar-refractivity contribution in [3.63, 3.8) is 0 Å². The summed E-state index contributed by atoms with van der Waals surface area (Å²) in [6.07, 6.45) is 2.28. The number of sulfone groups is 1. The van der Waals surface area contributed by atoms with E-state index >= 15 is 0 Å². The lowest BCUT2D eigenvalue weighted by molar-refractivity contribution is -0.120. The predicted molar refractivity (Wildman–Crippen MR) is 88.8 cm³/mol. The number of nitrogens with zero attached hydrogens (tertiary/aromatic N) is 1. The van der Waals surface area contributed by atoms with Crippen LogP contribution in [0.2, 0.25) is 0 Å². The fraction of sp³-hybridized carbons (Fsp3) is 0.294. The minimum atomic E-state index is -3.42. The van der Waals surface area contributed by atoms with Crippen LogP contribution in [-0.2, 0) is 21.1 Å². The third kappa shape index (κ3) is 5.49. The molecule has 0 fully saturated rings. The molecule has 5 nitrogen and oxygen atoms in total. The quantitative estimate of drug-likeness (QED) is 0.840. The Labute approximate surface area is 136 Å². The summed E-state index contributed by atoms with van der Waals surface area (Å²) in [5.41, 5.74) is 1.89. The second-order valence-corrected chi connectivity index (χ2v) is 7.41. The molecule has 0 spiro atoms. The molecule has 0 bridgehead atoms. The van der Waals surface area contributed by atoms with Crippen molar-refractivity contribution in [2.75, 3.05) is 12.3 Å². The minimum Gasteiger partial charge on any atom is -0.356 e.